The predicted molar refractivity (Wildman–Crippen MR) is 60.1 cm³/mol. The van der Waals surface area contributed by atoms with Gasteiger partial charge in [-0.25, -0.2) is 0 Å². The minimum absolute atomic E-state index is 0. The van der Waals surface area contributed by atoms with Crippen molar-refractivity contribution in [3.63, 3.8) is 0 Å². The summed E-state index contributed by atoms with van der Waals surface area (Å²) in [5.74, 6) is -6.12. The molecule has 0 unspecified atom stereocenters. The summed E-state index contributed by atoms with van der Waals surface area (Å²) in [6.07, 6.45) is 0. The van der Waals surface area contributed by atoms with Gasteiger partial charge >= 0.3 is 78.6 Å². The van der Waals surface area contributed by atoms with Gasteiger partial charge in [-0.05, 0) is 0 Å². The van der Waals surface area contributed by atoms with Crippen LogP contribution >= 0.6 is 0 Å². The van der Waals surface area contributed by atoms with Gasteiger partial charge in [-0.1, -0.05) is 0 Å². The summed E-state index contributed by atoms with van der Waals surface area (Å²) >= 11 is 0. The molecule has 15 heteroatoms. The Hall–Kier alpha value is 0.343. The molecule has 4 N–H and O–H groups in total. The summed E-state index contributed by atoms with van der Waals surface area (Å²) in [7, 11) is 0. The van der Waals surface area contributed by atoms with Crippen LogP contribution < -0.4 is 79.5 Å². The first-order valence-electron chi connectivity index (χ1n) is 5.44. The molecule has 0 atom stereocenters. The van der Waals surface area contributed by atoms with Crippen LogP contribution in [0.5, 0.6) is 0 Å². The van der Waals surface area contributed by atoms with E-state index in [9.17, 15) is 39.6 Å². The molecule has 0 aliphatic rings. The molecule has 0 bridgehead atoms. The molecule has 0 radical (unpaired) electrons. The average molecular weight is 436 g/mol. The summed E-state index contributed by atoms with van der Waals surface area (Å²) in [5, 5.41) is 41.6. The molecule has 0 aromatic carbocycles. The van der Waals surface area contributed by atoms with Gasteiger partial charge in [0, 0.05) is 39.3 Å². The van der Waals surface area contributed by atoms with Crippen LogP contribution in [-0.2, 0) is 38.7 Å². The molecule has 0 aromatic heterocycles. The molecule has 0 aliphatic carbocycles. The zero-order valence-electron chi connectivity index (χ0n) is 14.1. The van der Waals surface area contributed by atoms with E-state index in [0.717, 1.165) is 9.80 Å². The zero-order chi connectivity index (χ0) is 15.7. The molecule has 0 saturated heterocycles. The topological polar surface area (TPSA) is 230 Å². The van der Waals surface area contributed by atoms with Crippen LogP contribution in [-0.4, -0.2) is 83.9 Å². The van der Waals surface area contributed by atoms with E-state index in [1.807, 2.05) is 0 Å². The summed E-state index contributed by atoms with van der Waals surface area (Å²) < 4.78 is 0. The second-order valence-corrected chi connectivity index (χ2v) is 3.91. The molecule has 130 valence electrons. The standard InChI is InChI=1S/C10H16N2O8.2Na.2H2O.Zn/c13-7(14)3-11(4-8(15)16)1-2-12(5-9(17)18)6-10(19)20;;;;;/h1-6H2,(H,13,14)(H,15,16)(H,17,18)(H,19,20);;;2*1H2;/q;2*+1;;;+2/p-4. The zero-order valence-corrected chi connectivity index (χ0v) is 21.1. The number of carboxylic acids is 4. The number of hydrogen-bond donors (Lipinski definition) is 0. The molecular weight excluding hydrogens is 419 g/mol. The van der Waals surface area contributed by atoms with Gasteiger partial charge in [-0.2, -0.15) is 0 Å². The Bertz CT molecular complexity index is 334. The third-order valence-electron chi connectivity index (χ3n) is 2.14. The van der Waals surface area contributed by atoms with Crippen LogP contribution in [0.4, 0.5) is 0 Å². The molecular formula is C10H16N2Na2O10Zn. The molecule has 0 aromatic rings. The van der Waals surface area contributed by atoms with Gasteiger partial charge in [-0.15, -0.1) is 0 Å². The van der Waals surface area contributed by atoms with E-state index < -0.39 is 50.1 Å². The van der Waals surface area contributed by atoms with Gasteiger partial charge in [-0.3, -0.25) is 9.80 Å². The SMILES string of the molecule is O.O.O=C([O-])CN(CCN(CC(=O)[O-])CC(=O)[O-])CC(=O)[O-].[Na+].[Na+].[Zn+2]. The Morgan fingerprint density at radius 2 is 0.720 bits per heavy atom. The normalized spacial score (nSPS) is 8.56. The number of carboxylic acid groups (broad SMARTS) is 4. The Balaban J connectivity index is -0.000000180. The van der Waals surface area contributed by atoms with Crippen molar-refractivity contribution in [2.24, 2.45) is 0 Å². The molecule has 0 saturated carbocycles. The van der Waals surface area contributed by atoms with Crippen molar-refractivity contribution in [2.45, 2.75) is 0 Å². The molecule has 0 heterocycles. The molecule has 0 amide bonds. The maximum Gasteiger partial charge on any atom is 2.00 e. The van der Waals surface area contributed by atoms with E-state index in [-0.39, 0.29) is 103 Å². The summed E-state index contributed by atoms with van der Waals surface area (Å²) in [6.45, 7) is -3.25. The number of carbonyl (C=O) groups is 4. The monoisotopic (exact) mass is 434 g/mol. The van der Waals surface area contributed by atoms with Crippen LogP contribution in [0.2, 0.25) is 0 Å². The minimum Gasteiger partial charge on any atom is -0.549 e. The van der Waals surface area contributed by atoms with Crippen molar-refractivity contribution < 1.29 is 129 Å². The molecule has 0 aliphatic heterocycles. The number of hydrogen-bond acceptors (Lipinski definition) is 10. The van der Waals surface area contributed by atoms with Gasteiger partial charge in [0.2, 0.25) is 0 Å². The first-order valence-corrected chi connectivity index (χ1v) is 5.44. The van der Waals surface area contributed by atoms with Crippen LogP contribution in [0.1, 0.15) is 0 Å². The summed E-state index contributed by atoms with van der Waals surface area (Å²) in [5.41, 5.74) is 0. The summed E-state index contributed by atoms with van der Waals surface area (Å²) in [4.78, 5) is 43.4. The number of aliphatic carboxylic acids is 4. The second kappa shape index (κ2) is 22.4. The molecule has 0 fully saturated rings. The van der Waals surface area contributed by atoms with Gasteiger partial charge in [0.05, 0.1) is 23.9 Å². The van der Waals surface area contributed by atoms with E-state index in [1.165, 1.54) is 0 Å². The van der Waals surface area contributed by atoms with Crippen molar-refractivity contribution in [1.29, 1.82) is 0 Å². The van der Waals surface area contributed by atoms with Crippen molar-refractivity contribution in [2.75, 3.05) is 39.3 Å². The van der Waals surface area contributed by atoms with Gasteiger partial charge < -0.3 is 50.6 Å². The molecule has 0 spiro atoms. The maximum atomic E-state index is 10.4. The van der Waals surface area contributed by atoms with Gasteiger partial charge in [0.15, 0.2) is 0 Å². The van der Waals surface area contributed by atoms with E-state index in [2.05, 4.69) is 0 Å². The third kappa shape index (κ3) is 26.7. The van der Waals surface area contributed by atoms with E-state index in [0.29, 0.717) is 0 Å². The fourth-order valence-electron chi connectivity index (χ4n) is 1.44. The Labute approximate surface area is 200 Å². The third-order valence-corrected chi connectivity index (χ3v) is 2.14. The van der Waals surface area contributed by atoms with Crippen LogP contribution in [0.3, 0.4) is 0 Å². The number of rotatable bonds is 11. The van der Waals surface area contributed by atoms with E-state index in [1.54, 1.807) is 0 Å². The van der Waals surface area contributed by atoms with Crippen molar-refractivity contribution in [3.05, 3.63) is 0 Å². The minimum atomic E-state index is -1.53. The predicted octanol–water partition coefficient (Wildman–Crippen LogP) is -15.1. The first-order chi connectivity index (χ1) is 9.20. The molecule has 0 rings (SSSR count). The fourth-order valence-corrected chi connectivity index (χ4v) is 1.44. The van der Waals surface area contributed by atoms with Crippen molar-refractivity contribution >= 4 is 23.9 Å². The Morgan fingerprint density at radius 3 is 0.840 bits per heavy atom. The average Bonchev–Trinajstić information content (AvgIpc) is 2.22. The summed E-state index contributed by atoms with van der Waals surface area (Å²) in [6, 6.07) is 0. The largest absolute Gasteiger partial charge is 2.00 e. The number of nitrogens with zero attached hydrogens (tertiary/aromatic N) is 2. The maximum absolute atomic E-state index is 10.4. The van der Waals surface area contributed by atoms with E-state index >= 15 is 0 Å². The number of carbonyl (C=O) groups excluding carboxylic acids is 4. The van der Waals surface area contributed by atoms with Crippen molar-refractivity contribution in [1.82, 2.24) is 9.80 Å². The fraction of sp³-hybridized carbons (Fsp3) is 0.600. The van der Waals surface area contributed by atoms with Crippen LogP contribution in [0.15, 0.2) is 0 Å². The quantitative estimate of drug-likeness (QED) is 0.278. The van der Waals surface area contributed by atoms with Crippen LogP contribution in [0.25, 0.3) is 0 Å². The second-order valence-electron chi connectivity index (χ2n) is 3.91. The Morgan fingerprint density at radius 1 is 0.560 bits per heavy atom. The smallest absolute Gasteiger partial charge is 0.549 e. The molecule has 25 heavy (non-hydrogen) atoms. The Kier molecular flexibility index (Phi) is 35.9. The van der Waals surface area contributed by atoms with Gasteiger partial charge in [0.1, 0.15) is 0 Å². The van der Waals surface area contributed by atoms with Crippen molar-refractivity contribution in [3.8, 4) is 0 Å². The van der Waals surface area contributed by atoms with E-state index in [4.69, 9.17) is 0 Å². The van der Waals surface area contributed by atoms with Crippen LogP contribution in [0, 0.1) is 0 Å². The molecule has 12 nitrogen and oxygen atoms in total. The van der Waals surface area contributed by atoms with Gasteiger partial charge in [0.25, 0.3) is 0 Å². The first kappa shape index (κ1) is 40.1.